The zero-order valence-corrected chi connectivity index (χ0v) is 13.8. The molecule has 0 radical (unpaired) electrons. The fourth-order valence-electron chi connectivity index (χ4n) is 4.85. The molecule has 0 aromatic rings. The quantitative estimate of drug-likeness (QED) is 0.736. The van der Waals surface area contributed by atoms with E-state index in [-0.39, 0.29) is 36.0 Å². The highest BCUT2D eigenvalue weighted by Gasteiger charge is 2.64. The summed E-state index contributed by atoms with van der Waals surface area (Å²) in [5.41, 5.74) is -1.52. The number of esters is 1. The summed E-state index contributed by atoms with van der Waals surface area (Å²) in [4.78, 5) is 37.7. The van der Waals surface area contributed by atoms with E-state index >= 15 is 0 Å². The number of carbonyl (C=O) groups is 3. The minimum absolute atomic E-state index is 0.00381. The Morgan fingerprint density at radius 2 is 1.73 bits per heavy atom. The zero-order chi connectivity index (χ0) is 16.1. The van der Waals surface area contributed by atoms with Crippen molar-refractivity contribution >= 4 is 17.5 Å². The first-order chi connectivity index (χ1) is 10.3. The van der Waals surface area contributed by atoms with Crippen molar-refractivity contribution in [3.63, 3.8) is 0 Å². The van der Waals surface area contributed by atoms with E-state index < -0.39 is 16.7 Å². The van der Waals surface area contributed by atoms with E-state index in [1.54, 1.807) is 6.92 Å². The molecule has 4 fully saturated rings. The van der Waals surface area contributed by atoms with Crippen LogP contribution in [0.25, 0.3) is 0 Å². The molecule has 0 N–H and O–H groups in total. The van der Waals surface area contributed by atoms with E-state index in [1.807, 2.05) is 13.8 Å². The maximum absolute atomic E-state index is 12.8. The standard InChI is InChI=1S/C18H26O4/c1-17(2)12-9-13(18(3,16(17)21)10-14(12)19)15(20)22-11-7-5-4-6-8-11/h11-13H,4-10H2,1-3H3/t12-,13+,18-/m0/s1. The molecule has 4 heteroatoms. The highest BCUT2D eigenvalue weighted by Crippen LogP contribution is 2.57. The van der Waals surface area contributed by atoms with Crippen molar-refractivity contribution in [3.8, 4) is 0 Å². The van der Waals surface area contributed by atoms with Gasteiger partial charge in [-0.3, -0.25) is 14.4 Å². The molecule has 4 nitrogen and oxygen atoms in total. The largest absolute Gasteiger partial charge is 0.462 e. The van der Waals surface area contributed by atoms with Crippen LogP contribution < -0.4 is 0 Å². The molecular weight excluding hydrogens is 280 g/mol. The summed E-state index contributed by atoms with van der Waals surface area (Å²) in [6, 6.07) is 0. The number of ether oxygens (including phenoxy) is 1. The lowest BCUT2D eigenvalue weighted by atomic mass is 9.46. The molecule has 0 amide bonds. The predicted octanol–water partition coefficient (Wildman–Crippen LogP) is 3.07. The molecule has 4 rings (SSSR count). The maximum Gasteiger partial charge on any atom is 0.310 e. The number of carbonyl (C=O) groups excluding carboxylic acids is 3. The van der Waals surface area contributed by atoms with Crippen LogP contribution in [0.3, 0.4) is 0 Å². The number of ketones is 2. The van der Waals surface area contributed by atoms with Gasteiger partial charge in [0.05, 0.1) is 5.92 Å². The van der Waals surface area contributed by atoms with Crippen molar-refractivity contribution in [1.29, 1.82) is 0 Å². The lowest BCUT2D eigenvalue weighted by Crippen LogP contribution is -2.62. The van der Waals surface area contributed by atoms with Gasteiger partial charge in [-0.1, -0.05) is 27.2 Å². The smallest absolute Gasteiger partial charge is 0.310 e. The molecule has 22 heavy (non-hydrogen) atoms. The van der Waals surface area contributed by atoms with Crippen molar-refractivity contribution < 1.29 is 19.1 Å². The molecule has 0 unspecified atom stereocenters. The molecule has 0 aliphatic heterocycles. The van der Waals surface area contributed by atoms with Gasteiger partial charge in [0, 0.05) is 23.2 Å². The van der Waals surface area contributed by atoms with Crippen molar-refractivity contribution in [2.75, 3.05) is 0 Å². The summed E-state index contributed by atoms with van der Waals surface area (Å²) in [6.07, 6.45) is 5.94. The summed E-state index contributed by atoms with van der Waals surface area (Å²) in [6.45, 7) is 5.48. The zero-order valence-electron chi connectivity index (χ0n) is 13.8. The fraction of sp³-hybridized carbons (Fsp3) is 0.833. The summed E-state index contributed by atoms with van der Waals surface area (Å²) >= 11 is 0. The maximum atomic E-state index is 12.8. The van der Waals surface area contributed by atoms with Crippen molar-refractivity contribution in [2.24, 2.45) is 22.7 Å². The minimum Gasteiger partial charge on any atom is -0.462 e. The SMILES string of the molecule is CC1(C)C(=O)[C@@]2(C)CC(=O)[C@@H]1C[C@@H]2C(=O)OC1CCCCC1. The van der Waals surface area contributed by atoms with Crippen LogP contribution in [-0.4, -0.2) is 23.6 Å². The van der Waals surface area contributed by atoms with Crippen molar-refractivity contribution in [3.05, 3.63) is 0 Å². The van der Waals surface area contributed by atoms with E-state index in [9.17, 15) is 14.4 Å². The number of hydrogen-bond acceptors (Lipinski definition) is 4. The van der Waals surface area contributed by atoms with Gasteiger partial charge in [-0.25, -0.2) is 0 Å². The van der Waals surface area contributed by atoms with E-state index in [1.165, 1.54) is 6.42 Å². The third-order valence-electron chi connectivity index (χ3n) is 6.27. The molecule has 122 valence electrons. The summed E-state index contributed by atoms with van der Waals surface area (Å²) in [5, 5.41) is 0. The predicted molar refractivity (Wildman–Crippen MR) is 81.1 cm³/mol. The van der Waals surface area contributed by atoms with Gasteiger partial charge in [-0.05, 0) is 32.1 Å². The van der Waals surface area contributed by atoms with Gasteiger partial charge in [0.1, 0.15) is 17.7 Å². The Morgan fingerprint density at radius 3 is 2.36 bits per heavy atom. The van der Waals surface area contributed by atoms with Crippen LogP contribution in [0.5, 0.6) is 0 Å². The Hall–Kier alpha value is -1.19. The Kier molecular flexibility index (Phi) is 3.69. The molecule has 4 aliphatic rings. The average Bonchev–Trinajstić information content (AvgIpc) is 2.45. The molecule has 4 saturated carbocycles. The average molecular weight is 306 g/mol. The van der Waals surface area contributed by atoms with E-state index in [0.717, 1.165) is 25.7 Å². The van der Waals surface area contributed by atoms with Gasteiger partial charge in [0.25, 0.3) is 0 Å². The minimum atomic E-state index is -0.874. The number of rotatable bonds is 2. The number of Topliss-reactive ketones (excluding diaryl/α,β-unsaturated/α-hetero) is 2. The van der Waals surface area contributed by atoms with Gasteiger partial charge < -0.3 is 4.74 Å². The molecule has 3 atom stereocenters. The highest BCUT2D eigenvalue weighted by molar-refractivity contribution is 6.06. The fourth-order valence-corrected chi connectivity index (χ4v) is 4.85. The molecular formula is C18H26O4. The molecule has 2 bridgehead atoms. The molecule has 4 aliphatic carbocycles. The van der Waals surface area contributed by atoms with Crippen molar-refractivity contribution in [1.82, 2.24) is 0 Å². The molecule has 0 saturated heterocycles. The third-order valence-corrected chi connectivity index (χ3v) is 6.27. The summed E-state index contributed by atoms with van der Waals surface area (Å²) < 4.78 is 5.70. The Morgan fingerprint density at radius 1 is 1.09 bits per heavy atom. The first-order valence-corrected chi connectivity index (χ1v) is 8.55. The molecule has 0 heterocycles. The first-order valence-electron chi connectivity index (χ1n) is 8.55. The van der Waals surface area contributed by atoms with Crippen LogP contribution >= 0.6 is 0 Å². The van der Waals surface area contributed by atoms with E-state index in [2.05, 4.69) is 0 Å². The van der Waals surface area contributed by atoms with E-state index in [0.29, 0.717) is 6.42 Å². The van der Waals surface area contributed by atoms with Crippen LogP contribution in [-0.2, 0) is 19.1 Å². The van der Waals surface area contributed by atoms with Crippen LogP contribution in [0.15, 0.2) is 0 Å². The van der Waals surface area contributed by atoms with Crippen LogP contribution in [0.4, 0.5) is 0 Å². The van der Waals surface area contributed by atoms with Crippen molar-refractivity contribution in [2.45, 2.75) is 71.8 Å². The summed E-state index contributed by atoms with van der Waals surface area (Å²) in [7, 11) is 0. The second-order valence-electron chi connectivity index (χ2n) is 8.15. The lowest BCUT2D eigenvalue weighted by molar-refractivity contribution is -0.182. The Balaban J connectivity index is 1.79. The van der Waals surface area contributed by atoms with Crippen LogP contribution in [0.2, 0.25) is 0 Å². The highest BCUT2D eigenvalue weighted by atomic mass is 16.5. The molecule has 0 spiro atoms. The monoisotopic (exact) mass is 306 g/mol. The second-order valence-corrected chi connectivity index (χ2v) is 8.15. The normalized spacial score (nSPS) is 38.1. The van der Waals surface area contributed by atoms with E-state index in [4.69, 9.17) is 4.74 Å². The first kappa shape index (κ1) is 15.7. The van der Waals surface area contributed by atoms with Gasteiger partial charge in [0.15, 0.2) is 0 Å². The summed E-state index contributed by atoms with van der Waals surface area (Å²) in [5.74, 6) is -0.839. The topological polar surface area (TPSA) is 60.4 Å². The number of hydrogen-bond donors (Lipinski definition) is 0. The van der Waals surface area contributed by atoms with Crippen LogP contribution in [0.1, 0.15) is 65.7 Å². The third kappa shape index (κ3) is 2.22. The molecule has 0 aromatic heterocycles. The van der Waals surface area contributed by atoms with Gasteiger partial charge in [0.2, 0.25) is 0 Å². The number of fused-ring (bicyclic) bond motifs is 3. The lowest BCUT2D eigenvalue weighted by Gasteiger charge is -2.54. The Bertz CT molecular complexity index is 515. The van der Waals surface area contributed by atoms with Gasteiger partial charge >= 0.3 is 5.97 Å². The van der Waals surface area contributed by atoms with Crippen LogP contribution in [0, 0.1) is 22.7 Å². The molecule has 0 aromatic carbocycles. The second kappa shape index (κ2) is 5.17. The van der Waals surface area contributed by atoms with Gasteiger partial charge in [-0.15, -0.1) is 0 Å². The van der Waals surface area contributed by atoms with Gasteiger partial charge in [-0.2, -0.15) is 0 Å². The Labute approximate surface area is 132 Å².